The molecule has 3 amide bonds. The maximum Gasteiger partial charge on any atom is 0.324 e. The fourth-order valence-electron chi connectivity index (χ4n) is 2.87. The third-order valence-corrected chi connectivity index (χ3v) is 5.87. The SMILES string of the molecule is CCN1CCc2c(sc(NC(=O)Nc3ccc(Cl)cc3Cl)c2NC=O)C1. The van der Waals surface area contributed by atoms with Crippen molar-refractivity contribution in [1.29, 1.82) is 0 Å². The molecule has 1 aliphatic heterocycles. The van der Waals surface area contributed by atoms with E-state index in [0.29, 0.717) is 32.8 Å². The number of likely N-dealkylation sites (N-methyl/N-ethyl adjacent to an activating group) is 1. The molecule has 3 rings (SSSR count). The van der Waals surface area contributed by atoms with Crippen molar-refractivity contribution >= 4 is 63.4 Å². The minimum absolute atomic E-state index is 0.350. The third kappa shape index (κ3) is 4.12. The van der Waals surface area contributed by atoms with Gasteiger partial charge in [0.15, 0.2) is 0 Å². The van der Waals surface area contributed by atoms with Crippen LogP contribution >= 0.6 is 34.5 Å². The zero-order valence-electron chi connectivity index (χ0n) is 14.1. The molecule has 0 atom stereocenters. The molecule has 1 aromatic carbocycles. The molecule has 0 aliphatic carbocycles. The van der Waals surface area contributed by atoms with Crippen LogP contribution in [0.5, 0.6) is 0 Å². The van der Waals surface area contributed by atoms with Gasteiger partial charge in [-0.15, -0.1) is 11.3 Å². The number of urea groups is 1. The highest BCUT2D eigenvalue weighted by molar-refractivity contribution is 7.17. The second-order valence-corrected chi connectivity index (χ2v) is 7.74. The Morgan fingerprint density at radius 3 is 2.85 bits per heavy atom. The summed E-state index contributed by atoms with van der Waals surface area (Å²) in [4.78, 5) is 26.9. The predicted molar refractivity (Wildman–Crippen MR) is 108 cm³/mol. The summed E-state index contributed by atoms with van der Waals surface area (Å²) in [6.07, 6.45) is 1.47. The normalized spacial score (nSPS) is 13.8. The number of thiophene rings is 1. The number of halogens is 2. The lowest BCUT2D eigenvalue weighted by Gasteiger charge is -2.25. The highest BCUT2D eigenvalue weighted by atomic mass is 35.5. The van der Waals surface area contributed by atoms with Crippen molar-refractivity contribution in [2.75, 3.05) is 29.0 Å². The van der Waals surface area contributed by atoms with E-state index in [1.807, 2.05) is 0 Å². The first-order chi connectivity index (χ1) is 12.5. The molecule has 0 saturated carbocycles. The summed E-state index contributed by atoms with van der Waals surface area (Å²) in [5, 5.41) is 9.69. The third-order valence-electron chi connectivity index (χ3n) is 4.19. The number of fused-ring (bicyclic) bond motifs is 1. The van der Waals surface area contributed by atoms with Gasteiger partial charge >= 0.3 is 6.03 Å². The van der Waals surface area contributed by atoms with Gasteiger partial charge < -0.3 is 10.6 Å². The van der Waals surface area contributed by atoms with Gasteiger partial charge in [-0.05, 0) is 36.7 Å². The molecule has 2 heterocycles. The average Bonchev–Trinajstić information content (AvgIpc) is 2.94. The van der Waals surface area contributed by atoms with E-state index in [-0.39, 0.29) is 0 Å². The molecule has 26 heavy (non-hydrogen) atoms. The van der Waals surface area contributed by atoms with Crippen molar-refractivity contribution in [2.45, 2.75) is 19.9 Å². The van der Waals surface area contributed by atoms with E-state index >= 15 is 0 Å². The van der Waals surface area contributed by atoms with Gasteiger partial charge in [-0.25, -0.2) is 4.79 Å². The van der Waals surface area contributed by atoms with E-state index in [1.54, 1.807) is 18.2 Å². The highest BCUT2D eigenvalue weighted by Gasteiger charge is 2.24. The summed E-state index contributed by atoms with van der Waals surface area (Å²) in [5.41, 5.74) is 2.22. The molecule has 3 N–H and O–H groups in total. The monoisotopic (exact) mass is 412 g/mol. The van der Waals surface area contributed by atoms with Crippen molar-refractivity contribution < 1.29 is 9.59 Å². The lowest BCUT2D eigenvalue weighted by molar-refractivity contribution is -0.105. The number of anilines is 3. The molecule has 0 spiro atoms. The number of hydrogen-bond acceptors (Lipinski definition) is 4. The lowest BCUT2D eigenvalue weighted by atomic mass is 10.1. The first-order valence-corrected chi connectivity index (χ1v) is 9.69. The van der Waals surface area contributed by atoms with E-state index in [0.717, 1.165) is 36.5 Å². The number of nitrogens with zero attached hydrogens (tertiary/aromatic N) is 1. The molecule has 138 valence electrons. The van der Waals surface area contributed by atoms with Crippen LogP contribution < -0.4 is 16.0 Å². The zero-order valence-corrected chi connectivity index (χ0v) is 16.4. The largest absolute Gasteiger partial charge is 0.326 e. The topological polar surface area (TPSA) is 73.5 Å². The van der Waals surface area contributed by atoms with Crippen LogP contribution in [0.3, 0.4) is 0 Å². The van der Waals surface area contributed by atoms with Crippen LogP contribution in [0.15, 0.2) is 18.2 Å². The van der Waals surface area contributed by atoms with Crippen LogP contribution in [0.1, 0.15) is 17.4 Å². The number of carbonyl (C=O) groups excluding carboxylic acids is 2. The van der Waals surface area contributed by atoms with Crippen LogP contribution in [0.4, 0.5) is 21.2 Å². The number of benzene rings is 1. The van der Waals surface area contributed by atoms with Crippen molar-refractivity contribution in [2.24, 2.45) is 0 Å². The molecule has 0 bridgehead atoms. The predicted octanol–water partition coefficient (Wildman–Crippen LogP) is 4.65. The molecule has 0 fully saturated rings. The van der Waals surface area contributed by atoms with E-state index in [9.17, 15) is 9.59 Å². The second kappa shape index (κ2) is 8.26. The van der Waals surface area contributed by atoms with Gasteiger partial charge in [0, 0.05) is 23.0 Å². The van der Waals surface area contributed by atoms with Gasteiger partial charge in [-0.1, -0.05) is 30.1 Å². The first-order valence-electron chi connectivity index (χ1n) is 8.12. The van der Waals surface area contributed by atoms with Crippen molar-refractivity contribution in [3.8, 4) is 0 Å². The summed E-state index contributed by atoms with van der Waals surface area (Å²) >= 11 is 13.4. The maximum atomic E-state index is 12.4. The van der Waals surface area contributed by atoms with Crippen LogP contribution in [0.2, 0.25) is 10.0 Å². The summed E-state index contributed by atoms with van der Waals surface area (Å²) in [6.45, 7) is 4.83. The summed E-state index contributed by atoms with van der Waals surface area (Å²) < 4.78 is 0. The maximum absolute atomic E-state index is 12.4. The Morgan fingerprint density at radius 1 is 1.35 bits per heavy atom. The lowest BCUT2D eigenvalue weighted by Crippen LogP contribution is -2.29. The molecule has 0 unspecified atom stereocenters. The minimum Gasteiger partial charge on any atom is -0.326 e. The Hall–Kier alpha value is -1.80. The standard InChI is InChI=1S/C17H18Cl2N4O2S/c1-2-23-6-5-11-14(8-23)26-16(15(11)20-9-24)22-17(25)21-13-4-3-10(18)7-12(13)19/h3-4,7,9H,2,5-6,8H2,1H3,(H,20,24)(H2,21,22,25). The number of nitrogens with one attached hydrogen (secondary N) is 3. The molecule has 6 nitrogen and oxygen atoms in total. The van der Waals surface area contributed by atoms with Gasteiger partial charge in [0.1, 0.15) is 5.00 Å². The van der Waals surface area contributed by atoms with E-state index in [4.69, 9.17) is 23.2 Å². The van der Waals surface area contributed by atoms with Gasteiger partial charge in [0.25, 0.3) is 0 Å². The number of amides is 3. The van der Waals surface area contributed by atoms with Gasteiger partial charge in [-0.2, -0.15) is 0 Å². The molecule has 1 aliphatic rings. The van der Waals surface area contributed by atoms with Crippen LogP contribution in [0, 0.1) is 0 Å². The highest BCUT2D eigenvalue weighted by Crippen LogP contribution is 2.41. The summed E-state index contributed by atoms with van der Waals surface area (Å²) in [5.74, 6) is 0. The van der Waals surface area contributed by atoms with Crippen molar-refractivity contribution in [3.63, 3.8) is 0 Å². The Labute approximate surface area is 165 Å². The van der Waals surface area contributed by atoms with Gasteiger partial charge in [-0.3, -0.25) is 15.0 Å². The van der Waals surface area contributed by atoms with Crippen LogP contribution in [-0.2, 0) is 17.8 Å². The fourth-order valence-corrected chi connectivity index (χ4v) is 4.58. The Balaban J connectivity index is 1.79. The number of carbonyl (C=O) groups is 2. The Morgan fingerprint density at radius 2 is 2.15 bits per heavy atom. The summed E-state index contributed by atoms with van der Waals surface area (Å²) in [6, 6.07) is 4.40. The molecule has 2 aromatic rings. The molecular formula is C17H18Cl2N4O2S. The second-order valence-electron chi connectivity index (χ2n) is 5.79. The molecule has 0 radical (unpaired) electrons. The van der Waals surface area contributed by atoms with E-state index < -0.39 is 6.03 Å². The Bertz CT molecular complexity index is 840. The summed E-state index contributed by atoms with van der Waals surface area (Å²) in [7, 11) is 0. The minimum atomic E-state index is -0.436. The van der Waals surface area contributed by atoms with E-state index in [1.165, 1.54) is 11.3 Å². The van der Waals surface area contributed by atoms with Crippen LogP contribution in [-0.4, -0.2) is 30.4 Å². The fraction of sp³-hybridized carbons (Fsp3) is 0.294. The van der Waals surface area contributed by atoms with E-state index in [2.05, 4.69) is 27.8 Å². The Kier molecular flexibility index (Phi) is 6.03. The number of hydrogen-bond donors (Lipinski definition) is 3. The quantitative estimate of drug-likeness (QED) is 0.625. The van der Waals surface area contributed by atoms with Crippen LogP contribution in [0.25, 0.3) is 0 Å². The first kappa shape index (κ1) is 19.0. The number of rotatable bonds is 5. The van der Waals surface area contributed by atoms with Crippen molar-refractivity contribution in [3.05, 3.63) is 38.7 Å². The molecule has 9 heteroatoms. The van der Waals surface area contributed by atoms with Gasteiger partial charge in [0.2, 0.25) is 6.41 Å². The molecular weight excluding hydrogens is 395 g/mol. The van der Waals surface area contributed by atoms with Crippen molar-refractivity contribution in [1.82, 2.24) is 4.90 Å². The molecule has 1 aromatic heterocycles. The zero-order chi connectivity index (χ0) is 18.7. The van der Waals surface area contributed by atoms with Gasteiger partial charge in [0.05, 0.1) is 16.4 Å². The average molecular weight is 413 g/mol. The smallest absolute Gasteiger partial charge is 0.324 e. The molecule has 0 saturated heterocycles.